The number of carbonyl (C=O) groups is 1. The van der Waals surface area contributed by atoms with Crippen LogP contribution in [0.2, 0.25) is 0 Å². The molecule has 4 N–H and O–H groups in total. The van der Waals surface area contributed by atoms with Crippen molar-refractivity contribution in [3.05, 3.63) is 18.0 Å². The van der Waals surface area contributed by atoms with Crippen LogP contribution in [0.5, 0.6) is 0 Å². The average Bonchev–Trinajstić information content (AvgIpc) is 2.51. The van der Waals surface area contributed by atoms with E-state index in [0.717, 1.165) is 5.69 Å². The second kappa shape index (κ2) is 3.87. The van der Waals surface area contributed by atoms with Crippen LogP contribution in [0, 0.1) is 0 Å². The maximum Gasteiger partial charge on any atom is 0.304 e. The van der Waals surface area contributed by atoms with Gasteiger partial charge < -0.3 is 10.8 Å². The minimum atomic E-state index is -0.847. The first-order valence-corrected chi connectivity index (χ1v) is 3.65. The molecule has 1 unspecified atom stereocenters. The highest BCUT2D eigenvalue weighted by Crippen LogP contribution is 2.14. The van der Waals surface area contributed by atoms with E-state index >= 15 is 0 Å². The molecule has 0 spiro atoms. The Morgan fingerprint density at radius 3 is 3.00 bits per heavy atom. The number of hydrogen-bond acceptors (Lipinski definition) is 3. The number of H-pyrrole nitrogens is 1. The van der Waals surface area contributed by atoms with Crippen molar-refractivity contribution < 1.29 is 9.90 Å². The minimum absolute atomic E-state index is 0.0404. The molecule has 0 saturated heterocycles. The van der Waals surface area contributed by atoms with Crippen LogP contribution in [-0.4, -0.2) is 27.8 Å². The van der Waals surface area contributed by atoms with E-state index in [9.17, 15) is 4.79 Å². The number of aliphatic carboxylic acids is 1. The monoisotopic (exact) mass is 169 g/mol. The molecule has 0 aliphatic carbocycles. The van der Waals surface area contributed by atoms with E-state index in [2.05, 4.69) is 10.2 Å². The van der Waals surface area contributed by atoms with Gasteiger partial charge in [0.15, 0.2) is 0 Å². The van der Waals surface area contributed by atoms with Crippen molar-refractivity contribution in [2.45, 2.75) is 12.3 Å². The molecule has 12 heavy (non-hydrogen) atoms. The third-order valence-electron chi connectivity index (χ3n) is 1.67. The third kappa shape index (κ3) is 2.06. The number of nitrogens with one attached hydrogen (secondary N) is 1. The molecule has 0 aliphatic heterocycles. The van der Waals surface area contributed by atoms with E-state index in [1.165, 1.54) is 0 Å². The van der Waals surface area contributed by atoms with Crippen LogP contribution < -0.4 is 5.73 Å². The fourth-order valence-electron chi connectivity index (χ4n) is 1.03. The lowest BCUT2D eigenvalue weighted by molar-refractivity contribution is -0.137. The van der Waals surface area contributed by atoms with Crippen LogP contribution in [0.1, 0.15) is 18.0 Å². The first kappa shape index (κ1) is 8.73. The molecule has 5 nitrogen and oxygen atoms in total. The number of carboxylic acids is 1. The molecule has 0 amide bonds. The summed E-state index contributed by atoms with van der Waals surface area (Å²) < 4.78 is 0. The van der Waals surface area contributed by atoms with Gasteiger partial charge in [-0.25, -0.2) is 0 Å². The van der Waals surface area contributed by atoms with Crippen molar-refractivity contribution in [2.75, 3.05) is 6.54 Å². The maximum absolute atomic E-state index is 10.4. The second-order valence-corrected chi connectivity index (χ2v) is 2.54. The fraction of sp³-hybridized carbons (Fsp3) is 0.429. The summed E-state index contributed by atoms with van der Waals surface area (Å²) in [6.45, 7) is 0.314. The van der Waals surface area contributed by atoms with Crippen LogP contribution in [-0.2, 0) is 4.79 Å². The second-order valence-electron chi connectivity index (χ2n) is 2.54. The lowest BCUT2D eigenvalue weighted by Crippen LogP contribution is -2.16. The molecule has 1 aromatic rings. The highest BCUT2D eigenvalue weighted by Gasteiger charge is 2.14. The summed E-state index contributed by atoms with van der Waals surface area (Å²) in [4.78, 5) is 10.4. The predicted octanol–water partition coefficient (Wildman–Crippen LogP) is -0.0733. The lowest BCUT2D eigenvalue weighted by atomic mass is 10.0. The van der Waals surface area contributed by atoms with Gasteiger partial charge in [-0.3, -0.25) is 9.89 Å². The van der Waals surface area contributed by atoms with Gasteiger partial charge in [0.25, 0.3) is 0 Å². The maximum atomic E-state index is 10.4. The molecule has 66 valence electrons. The first-order valence-electron chi connectivity index (χ1n) is 3.65. The molecule has 1 rings (SSSR count). The van der Waals surface area contributed by atoms with Crippen molar-refractivity contribution >= 4 is 5.97 Å². The Hall–Kier alpha value is -1.36. The number of hydrogen-bond donors (Lipinski definition) is 3. The Kier molecular flexibility index (Phi) is 2.82. The van der Waals surface area contributed by atoms with Crippen molar-refractivity contribution in [1.29, 1.82) is 0 Å². The summed E-state index contributed by atoms with van der Waals surface area (Å²) in [5.41, 5.74) is 6.18. The van der Waals surface area contributed by atoms with Gasteiger partial charge in [0, 0.05) is 24.4 Å². The number of nitrogens with two attached hydrogens (primary N) is 1. The van der Waals surface area contributed by atoms with Crippen LogP contribution in [0.4, 0.5) is 0 Å². The Morgan fingerprint density at radius 1 is 1.83 bits per heavy atom. The molecule has 0 aliphatic rings. The molecule has 0 saturated carbocycles. The van der Waals surface area contributed by atoms with Gasteiger partial charge in [-0.05, 0) is 6.07 Å². The van der Waals surface area contributed by atoms with E-state index in [-0.39, 0.29) is 12.3 Å². The Labute approximate surface area is 69.6 Å². The minimum Gasteiger partial charge on any atom is -0.481 e. The summed E-state index contributed by atoms with van der Waals surface area (Å²) in [5.74, 6) is -1.01. The van der Waals surface area contributed by atoms with Gasteiger partial charge in [0.2, 0.25) is 0 Å². The van der Waals surface area contributed by atoms with Gasteiger partial charge in [0.05, 0.1) is 6.42 Å². The zero-order valence-corrected chi connectivity index (χ0v) is 6.53. The summed E-state index contributed by atoms with van der Waals surface area (Å²) in [6.07, 6.45) is 1.62. The van der Waals surface area contributed by atoms with Crippen molar-refractivity contribution in [2.24, 2.45) is 5.73 Å². The molecule has 0 bridgehead atoms. The Morgan fingerprint density at radius 2 is 2.58 bits per heavy atom. The largest absolute Gasteiger partial charge is 0.481 e. The molecule has 1 aromatic heterocycles. The van der Waals surface area contributed by atoms with Crippen LogP contribution in [0.15, 0.2) is 12.3 Å². The van der Waals surface area contributed by atoms with Gasteiger partial charge in [-0.2, -0.15) is 5.10 Å². The average molecular weight is 169 g/mol. The molecule has 1 heterocycles. The van der Waals surface area contributed by atoms with E-state index in [1.54, 1.807) is 12.3 Å². The molecule has 1 atom stereocenters. The zero-order chi connectivity index (χ0) is 8.97. The van der Waals surface area contributed by atoms with Crippen LogP contribution in [0.25, 0.3) is 0 Å². The zero-order valence-electron chi connectivity index (χ0n) is 6.53. The number of aromatic nitrogens is 2. The first-order chi connectivity index (χ1) is 5.74. The normalized spacial score (nSPS) is 12.8. The quantitative estimate of drug-likeness (QED) is 0.588. The summed E-state index contributed by atoms with van der Waals surface area (Å²) in [7, 11) is 0. The Bertz CT molecular complexity index is 245. The highest BCUT2D eigenvalue weighted by molar-refractivity contribution is 5.67. The van der Waals surface area contributed by atoms with Crippen molar-refractivity contribution in [3.8, 4) is 0 Å². The number of carboxylic acid groups (broad SMARTS) is 1. The van der Waals surface area contributed by atoms with Crippen molar-refractivity contribution in [3.63, 3.8) is 0 Å². The van der Waals surface area contributed by atoms with Crippen molar-refractivity contribution in [1.82, 2.24) is 10.2 Å². The van der Waals surface area contributed by atoms with Crippen LogP contribution >= 0.6 is 0 Å². The molecular formula is C7H11N3O2. The highest BCUT2D eigenvalue weighted by atomic mass is 16.4. The number of aromatic amines is 1. The van der Waals surface area contributed by atoms with Gasteiger partial charge in [-0.1, -0.05) is 0 Å². The number of nitrogens with zero attached hydrogens (tertiary/aromatic N) is 1. The standard InChI is InChI=1S/C7H11N3O2/c8-4-5(3-7(11)12)6-1-2-9-10-6/h1-2,5H,3-4,8H2,(H,9,10)(H,11,12). The third-order valence-corrected chi connectivity index (χ3v) is 1.67. The van der Waals surface area contributed by atoms with Gasteiger partial charge >= 0.3 is 5.97 Å². The fourth-order valence-corrected chi connectivity index (χ4v) is 1.03. The summed E-state index contributed by atoms with van der Waals surface area (Å²) >= 11 is 0. The predicted molar refractivity (Wildman–Crippen MR) is 42.6 cm³/mol. The summed E-state index contributed by atoms with van der Waals surface area (Å²) in [5, 5.41) is 14.9. The Balaban J connectivity index is 2.63. The lowest BCUT2D eigenvalue weighted by Gasteiger charge is -2.08. The van der Waals surface area contributed by atoms with E-state index < -0.39 is 5.97 Å². The van der Waals surface area contributed by atoms with E-state index in [4.69, 9.17) is 10.8 Å². The topological polar surface area (TPSA) is 92.0 Å². The number of rotatable bonds is 4. The smallest absolute Gasteiger partial charge is 0.304 e. The van der Waals surface area contributed by atoms with Gasteiger partial charge in [0.1, 0.15) is 0 Å². The van der Waals surface area contributed by atoms with E-state index in [0.29, 0.717) is 6.54 Å². The molecular weight excluding hydrogens is 158 g/mol. The molecule has 5 heteroatoms. The summed E-state index contributed by atoms with van der Waals surface area (Å²) in [6, 6.07) is 1.74. The van der Waals surface area contributed by atoms with Gasteiger partial charge in [-0.15, -0.1) is 0 Å². The molecule has 0 aromatic carbocycles. The van der Waals surface area contributed by atoms with E-state index in [1.807, 2.05) is 0 Å². The SMILES string of the molecule is NCC(CC(=O)O)c1ccn[nH]1. The molecule has 0 radical (unpaired) electrons. The van der Waals surface area contributed by atoms with Crippen LogP contribution in [0.3, 0.4) is 0 Å². The molecule has 0 fully saturated rings.